The highest BCUT2D eigenvalue weighted by Gasteiger charge is 2.17. The molecular formula is C10H13O6P. The van der Waals surface area contributed by atoms with E-state index >= 15 is 0 Å². The fourth-order valence-electron chi connectivity index (χ4n) is 1.36. The molecule has 1 rings (SSSR count). The number of carbonyl (C=O) groups is 1. The van der Waals surface area contributed by atoms with Crippen molar-refractivity contribution in [2.75, 3.05) is 0 Å². The Morgan fingerprint density at radius 2 is 1.94 bits per heavy atom. The number of phosphoric ester groups is 1. The number of carboxylic acids is 1. The van der Waals surface area contributed by atoms with Crippen LogP contribution in [0.15, 0.2) is 24.3 Å². The van der Waals surface area contributed by atoms with Crippen molar-refractivity contribution in [1.82, 2.24) is 0 Å². The number of phosphoric acid groups is 1. The molecule has 0 bridgehead atoms. The third kappa shape index (κ3) is 5.49. The Kier molecular flexibility index (Phi) is 4.69. The molecule has 1 aromatic carbocycles. The molecule has 6 nitrogen and oxygen atoms in total. The van der Waals surface area contributed by atoms with Crippen molar-refractivity contribution in [1.29, 1.82) is 0 Å². The third-order valence-electron chi connectivity index (χ3n) is 2.03. The molecule has 0 amide bonds. The van der Waals surface area contributed by atoms with E-state index in [-0.39, 0.29) is 12.2 Å². The molecule has 0 saturated heterocycles. The predicted octanol–water partition coefficient (Wildman–Crippen LogP) is 1.57. The maximum atomic E-state index is 10.7. The number of aryl methyl sites for hydroxylation is 1. The van der Waals surface area contributed by atoms with Crippen LogP contribution in [-0.2, 0) is 15.8 Å². The van der Waals surface area contributed by atoms with Gasteiger partial charge in [0, 0.05) is 6.42 Å². The van der Waals surface area contributed by atoms with Gasteiger partial charge < -0.3 is 9.63 Å². The summed E-state index contributed by atoms with van der Waals surface area (Å²) in [6.07, 6.45) is 0.781. The number of para-hydroxylation sites is 1. The Balaban J connectivity index is 2.71. The molecule has 0 aliphatic carbocycles. The van der Waals surface area contributed by atoms with Crippen LogP contribution in [0.25, 0.3) is 0 Å². The number of hydrogen-bond donors (Lipinski definition) is 3. The molecule has 0 saturated carbocycles. The van der Waals surface area contributed by atoms with Gasteiger partial charge in [0.15, 0.2) is 0 Å². The van der Waals surface area contributed by atoms with Crippen LogP contribution in [0.3, 0.4) is 0 Å². The van der Waals surface area contributed by atoms with Gasteiger partial charge in [0.1, 0.15) is 5.75 Å². The molecule has 0 aliphatic heterocycles. The van der Waals surface area contributed by atoms with Crippen LogP contribution >= 0.6 is 7.82 Å². The van der Waals surface area contributed by atoms with Gasteiger partial charge >= 0.3 is 13.8 Å². The molecule has 0 atom stereocenters. The molecule has 1 aromatic rings. The van der Waals surface area contributed by atoms with E-state index in [9.17, 15) is 9.36 Å². The summed E-state index contributed by atoms with van der Waals surface area (Å²) in [5.74, 6) is -0.815. The van der Waals surface area contributed by atoms with Gasteiger partial charge in [-0.25, -0.2) is 4.57 Å². The van der Waals surface area contributed by atoms with Crippen LogP contribution in [-0.4, -0.2) is 20.9 Å². The molecule has 0 heterocycles. The Bertz CT molecular complexity index is 438. The minimum Gasteiger partial charge on any atom is -0.481 e. The molecule has 0 aromatic heterocycles. The zero-order chi connectivity index (χ0) is 12.9. The smallest absolute Gasteiger partial charge is 0.481 e. The first-order chi connectivity index (χ1) is 7.88. The van der Waals surface area contributed by atoms with E-state index in [2.05, 4.69) is 4.52 Å². The number of benzene rings is 1. The average Bonchev–Trinajstić information content (AvgIpc) is 2.17. The first kappa shape index (κ1) is 13.7. The zero-order valence-electron chi connectivity index (χ0n) is 8.94. The summed E-state index contributed by atoms with van der Waals surface area (Å²) in [4.78, 5) is 27.8. The van der Waals surface area contributed by atoms with Crippen LogP contribution < -0.4 is 4.52 Å². The van der Waals surface area contributed by atoms with Gasteiger partial charge in [-0.15, -0.1) is 0 Å². The van der Waals surface area contributed by atoms with Crippen molar-refractivity contribution in [3.8, 4) is 5.75 Å². The summed E-state index contributed by atoms with van der Waals surface area (Å²) in [5.41, 5.74) is 0.581. The molecule has 0 fully saturated rings. The first-order valence-electron chi connectivity index (χ1n) is 4.93. The molecule has 0 aliphatic rings. The Labute approximate surface area is 98.1 Å². The van der Waals surface area contributed by atoms with E-state index in [0.29, 0.717) is 18.4 Å². The lowest BCUT2D eigenvalue weighted by Gasteiger charge is -2.11. The second kappa shape index (κ2) is 5.82. The molecule has 0 radical (unpaired) electrons. The summed E-state index contributed by atoms with van der Waals surface area (Å²) in [6, 6.07) is 6.37. The summed E-state index contributed by atoms with van der Waals surface area (Å²) in [7, 11) is -4.58. The van der Waals surface area contributed by atoms with Crippen molar-refractivity contribution in [3.05, 3.63) is 29.8 Å². The summed E-state index contributed by atoms with van der Waals surface area (Å²) in [5, 5.41) is 8.49. The van der Waals surface area contributed by atoms with Gasteiger partial charge in [0.05, 0.1) is 0 Å². The maximum Gasteiger partial charge on any atom is 0.524 e. The predicted molar refractivity (Wildman–Crippen MR) is 59.7 cm³/mol. The number of rotatable bonds is 6. The number of aliphatic carboxylic acids is 1. The van der Waals surface area contributed by atoms with E-state index in [1.165, 1.54) is 6.07 Å². The van der Waals surface area contributed by atoms with Crippen LogP contribution in [0.2, 0.25) is 0 Å². The van der Waals surface area contributed by atoms with Crippen molar-refractivity contribution in [3.63, 3.8) is 0 Å². The Hall–Kier alpha value is -1.36. The van der Waals surface area contributed by atoms with Gasteiger partial charge in [-0.2, -0.15) is 0 Å². The zero-order valence-corrected chi connectivity index (χ0v) is 9.84. The maximum absolute atomic E-state index is 10.7. The minimum atomic E-state index is -4.58. The van der Waals surface area contributed by atoms with E-state index in [1.54, 1.807) is 18.2 Å². The Morgan fingerprint density at radius 3 is 2.53 bits per heavy atom. The van der Waals surface area contributed by atoms with Crippen molar-refractivity contribution in [2.24, 2.45) is 0 Å². The lowest BCUT2D eigenvalue weighted by atomic mass is 10.1. The van der Waals surface area contributed by atoms with Crippen molar-refractivity contribution >= 4 is 13.8 Å². The summed E-state index contributed by atoms with van der Waals surface area (Å²) >= 11 is 0. The first-order valence-corrected chi connectivity index (χ1v) is 6.46. The van der Waals surface area contributed by atoms with Crippen molar-refractivity contribution < 1.29 is 28.8 Å². The van der Waals surface area contributed by atoms with Gasteiger partial charge in [0.25, 0.3) is 0 Å². The van der Waals surface area contributed by atoms with Crippen molar-refractivity contribution in [2.45, 2.75) is 19.3 Å². The monoisotopic (exact) mass is 260 g/mol. The summed E-state index contributed by atoms with van der Waals surface area (Å²) < 4.78 is 15.2. The molecular weight excluding hydrogens is 247 g/mol. The highest BCUT2D eigenvalue weighted by Crippen LogP contribution is 2.39. The molecule has 0 unspecified atom stereocenters. The highest BCUT2D eigenvalue weighted by molar-refractivity contribution is 7.46. The number of hydrogen-bond acceptors (Lipinski definition) is 3. The van der Waals surface area contributed by atoms with Gasteiger partial charge in [0.2, 0.25) is 0 Å². The van der Waals surface area contributed by atoms with Crippen LogP contribution in [0.5, 0.6) is 5.75 Å². The van der Waals surface area contributed by atoms with Crippen LogP contribution in [0.4, 0.5) is 0 Å². The topological polar surface area (TPSA) is 104 Å². The third-order valence-corrected chi connectivity index (χ3v) is 2.46. The fraction of sp³-hybridized carbons (Fsp3) is 0.300. The normalized spacial score (nSPS) is 11.2. The molecule has 94 valence electrons. The SMILES string of the molecule is O=C(O)CCCc1ccccc1OP(=O)(O)O. The molecule has 17 heavy (non-hydrogen) atoms. The van der Waals surface area contributed by atoms with E-state index in [1.807, 2.05) is 0 Å². The van der Waals surface area contributed by atoms with E-state index in [0.717, 1.165) is 0 Å². The van der Waals surface area contributed by atoms with E-state index < -0.39 is 13.8 Å². The standard InChI is InChI=1S/C10H13O6P/c11-10(12)7-3-5-8-4-1-2-6-9(8)16-17(13,14)15/h1-2,4,6H,3,5,7H2,(H,11,12)(H2,13,14,15). The fourth-order valence-corrected chi connectivity index (χ4v) is 1.79. The number of carboxylic acid groups (broad SMARTS) is 1. The van der Waals surface area contributed by atoms with Crippen LogP contribution in [0.1, 0.15) is 18.4 Å². The molecule has 0 spiro atoms. The quantitative estimate of drug-likeness (QED) is 0.670. The van der Waals surface area contributed by atoms with E-state index in [4.69, 9.17) is 14.9 Å². The lowest BCUT2D eigenvalue weighted by molar-refractivity contribution is -0.137. The van der Waals surface area contributed by atoms with Gasteiger partial charge in [-0.05, 0) is 24.5 Å². The van der Waals surface area contributed by atoms with Crippen LogP contribution in [0, 0.1) is 0 Å². The second-order valence-corrected chi connectivity index (χ2v) is 4.60. The molecule has 3 N–H and O–H groups in total. The summed E-state index contributed by atoms with van der Waals surface area (Å²) in [6.45, 7) is 0. The minimum absolute atomic E-state index is 0.00421. The largest absolute Gasteiger partial charge is 0.524 e. The second-order valence-electron chi connectivity index (χ2n) is 3.44. The van der Waals surface area contributed by atoms with Gasteiger partial charge in [-0.1, -0.05) is 18.2 Å². The molecule has 7 heteroatoms. The highest BCUT2D eigenvalue weighted by atomic mass is 31.2. The average molecular weight is 260 g/mol. The van der Waals surface area contributed by atoms with Gasteiger partial charge in [-0.3, -0.25) is 14.6 Å². The lowest BCUT2D eigenvalue weighted by Crippen LogP contribution is -1.98. The Morgan fingerprint density at radius 1 is 1.29 bits per heavy atom.